The Morgan fingerprint density at radius 2 is 1.66 bits per heavy atom. The molecule has 1 aliphatic heterocycles. The van der Waals surface area contributed by atoms with Crippen molar-refractivity contribution >= 4 is 22.5 Å². The average molecular weight is 492 g/mol. The summed E-state index contributed by atoms with van der Waals surface area (Å²) in [6.07, 6.45) is -3.26. The largest absolute Gasteiger partial charge is 0.414 e. The van der Waals surface area contributed by atoms with Crippen LogP contribution in [-0.2, 0) is 13.6 Å². The molecule has 2 heterocycles. The molecule has 0 aromatic carbocycles. The summed E-state index contributed by atoms with van der Waals surface area (Å²) in [5.41, 5.74) is 4.63. The van der Waals surface area contributed by atoms with Crippen LogP contribution in [0.2, 0.25) is 36.3 Å². The minimum absolute atomic E-state index is 0.0422. The Hall–Kier alpha value is -1.15. The summed E-state index contributed by atoms with van der Waals surface area (Å²) in [6, 6.07) is 1.30. The predicted octanol–water partition coefficient (Wildman–Crippen LogP) is 4.77. The molecule has 0 spiro atoms. The molecule has 0 aliphatic carbocycles. The number of hydrogen-bond donors (Lipinski definition) is 1. The van der Waals surface area contributed by atoms with Gasteiger partial charge in [-0.15, -0.1) is 0 Å². The Kier molecular flexibility index (Phi) is 7.26. The zero-order chi connectivity index (χ0) is 24.9. The van der Waals surface area contributed by atoms with Gasteiger partial charge in [-0.1, -0.05) is 41.5 Å². The number of hydrogen-bond acceptors (Lipinski definition) is 6. The molecule has 2 rings (SSSR count). The number of aromatic nitrogens is 2. The maximum atomic E-state index is 15.8. The van der Waals surface area contributed by atoms with Gasteiger partial charge < -0.3 is 19.3 Å². The highest BCUT2D eigenvalue weighted by atomic mass is 28.4. The molecule has 1 aromatic rings. The van der Waals surface area contributed by atoms with Crippen molar-refractivity contribution in [3.05, 3.63) is 22.7 Å². The molecular formula is C21H39F2N3O4Si2. The van der Waals surface area contributed by atoms with E-state index in [1.807, 2.05) is 33.9 Å². The number of alkyl halides is 2. The summed E-state index contributed by atoms with van der Waals surface area (Å²) in [6.45, 7) is 20.1. The van der Waals surface area contributed by atoms with Crippen LogP contribution < -0.4 is 11.4 Å². The van der Waals surface area contributed by atoms with Crippen LogP contribution in [0.1, 0.15) is 47.8 Å². The lowest BCUT2D eigenvalue weighted by Gasteiger charge is -2.41. The third-order valence-electron chi connectivity index (χ3n) is 7.10. The fourth-order valence-corrected chi connectivity index (χ4v) is 5.16. The highest BCUT2D eigenvalue weighted by molar-refractivity contribution is 6.74. The Morgan fingerprint density at radius 3 is 2.12 bits per heavy atom. The molecule has 1 aromatic heterocycles. The number of rotatable bonds is 6. The Balaban J connectivity index is 2.45. The summed E-state index contributed by atoms with van der Waals surface area (Å²) in [4.78, 5) is 15.9. The van der Waals surface area contributed by atoms with Crippen molar-refractivity contribution in [1.29, 1.82) is 0 Å². The smallest absolute Gasteiger partial charge is 0.351 e. The Morgan fingerprint density at radius 1 is 1.12 bits per heavy atom. The van der Waals surface area contributed by atoms with E-state index < -0.39 is 46.7 Å². The topological polar surface area (TPSA) is 88.6 Å². The molecule has 0 bridgehead atoms. The van der Waals surface area contributed by atoms with Crippen LogP contribution in [0, 0.1) is 0 Å². The van der Waals surface area contributed by atoms with Crippen molar-refractivity contribution in [2.45, 2.75) is 102 Å². The van der Waals surface area contributed by atoms with Crippen LogP contribution in [0.15, 0.2) is 17.1 Å². The first-order valence-corrected chi connectivity index (χ1v) is 16.7. The lowest BCUT2D eigenvalue weighted by atomic mass is 10.1. The van der Waals surface area contributed by atoms with Crippen LogP contribution in [-0.4, -0.2) is 50.9 Å². The van der Waals surface area contributed by atoms with Gasteiger partial charge in [-0.2, -0.15) is 13.8 Å². The van der Waals surface area contributed by atoms with Gasteiger partial charge in [0.15, 0.2) is 16.6 Å². The lowest BCUT2D eigenvalue weighted by molar-refractivity contribution is -0.138. The van der Waals surface area contributed by atoms with E-state index in [-0.39, 0.29) is 22.5 Å². The number of nitrogen functional groups attached to an aromatic ring is 1. The molecule has 32 heavy (non-hydrogen) atoms. The van der Waals surface area contributed by atoms with Crippen LogP contribution in [0.5, 0.6) is 0 Å². The number of nitrogens with two attached hydrogens (primary N) is 1. The van der Waals surface area contributed by atoms with E-state index in [1.54, 1.807) is 0 Å². The van der Waals surface area contributed by atoms with Gasteiger partial charge >= 0.3 is 11.6 Å². The molecular weight excluding hydrogens is 452 g/mol. The van der Waals surface area contributed by atoms with Crippen molar-refractivity contribution < 1.29 is 22.4 Å². The molecule has 1 fully saturated rings. The predicted molar refractivity (Wildman–Crippen MR) is 127 cm³/mol. The van der Waals surface area contributed by atoms with Crippen molar-refractivity contribution in [3.8, 4) is 0 Å². The van der Waals surface area contributed by atoms with Gasteiger partial charge in [0.2, 0.25) is 6.23 Å². The van der Waals surface area contributed by atoms with Gasteiger partial charge in [-0.3, -0.25) is 4.57 Å². The van der Waals surface area contributed by atoms with Crippen molar-refractivity contribution in [2.24, 2.45) is 0 Å². The monoisotopic (exact) mass is 491 g/mol. The molecule has 0 saturated carbocycles. The first-order valence-electron chi connectivity index (χ1n) is 10.9. The van der Waals surface area contributed by atoms with E-state index in [0.29, 0.717) is 0 Å². The lowest BCUT2D eigenvalue weighted by Crippen LogP contribution is -2.53. The standard InChI is InChI=1S/C21H39F2N3O4Si2/c1-19(2,3)31(7,8)28-13-14-16(30-32(9,10)20(4,5)6)21(22,23)17(29-14)26-12-11-15(24)25-18(26)27/h11-12,14,16-17H,13H2,1-10H3,(H2,24,25,27)/t14-,16?,17-/m1/s1. The Labute approximate surface area is 191 Å². The van der Waals surface area contributed by atoms with Crippen LogP contribution in [0.25, 0.3) is 0 Å². The minimum atomic E-state index is -3.47. The highest BCUT2D eigenvalue weighted by Crippen LogP contribution is 2.48. The second-order valence-corrected chi connectivity index (χ2v) is 21.2. The molecule has 184 valence electrons. The van der Waals surface area contributed by atoms with E-state index >= 15 is 8.78 Å². The van der Waals surface area contributed by atoms with E-state index in [0.717, 1.165) is 4.57 Å². The fraction of sp³-hybridized carbons (Fsp3) is 0.810. The molecule has 1 unspecified atom stereocenters. The highest BCUT2D eigenvalue weighted by Gasteiger charge is 2.63. The molecule has 0 radical (unpaired) electrons. The van der Waals surface area contributed by atoms with Crippen molar-refractivity contribution in [3.63, 3.8) is 0 Å². The average Bonchev–Trinajstić information content (AvgIpc) is 2.82. The van der Waals surface area contributed by atoms with Gasteiger partial charge in [0.05, 0.1) is 6.61 Å². The first kappa shape index (κ1) is 27.1. The summed E-state index contributed by atoms with van der Waals surface area (Å²) >= 11 is 0. The van der Waals surface area contributed by atoms with Crippen LogP contribution >= 0.6 is 0 Å². The minimum Gasteiger partial charge on any atom is -0.414 e. The van der Waals surface area contributed by atoms with Crippen molar-refractivity contribution in [1.82, 2.24) is 9.55 Å². The summed E-state index contributed by atoms with van der Waals surface area (Å²) < 4.78 is 50.5. The molecule has 7 nitrogen and oxygen atoms in total. The van der Waals surface area contributed by atoms with Crippen LogP contribution in [0.3, 0.4) is 0 Å². The molecule has 1 saturated heterocycles. The van der Waals surface area contributed by atoms with E-state index in [2.05, 4.69) is 38.8 Å². The number of nitrogens with zero attached hydrogens (tertiary/aromatic N) is 2. The van der Waals surface area contributed by atoms with Gasteiger partial charge in [0, 0.05) is 6.20 Å². The van der Waals surface area contributed by atoms with E-state index in [4.69, 9.17) is 19.3 Å². The third-order valence-corrected chi connectivity index (χ3v) is 16.1. The maximum absolute atomic E-state index is 15.8. The summed E-state index contributed by atoms with van der Waals surface area (Å²) in [7, 11) is -4.82. The van der Waals surface area contributed by atoms with Gasteiger partial charge in [-0.05, 0) is 42.3 Å². The molecule has 2 N–H and O–H groups in total. The zero-order valence-corrected chi connectivity index (χ0v) is 23.0. The van der Waals surface area contributed by atoms with Gasteiger partial charge in [-0.25, -0.2) is 4.79 Å². The van der Waals surface area contributed by atoms with Gasteiger partial charge in [0.1, 0.15) is 18.0 Å². The molecule has 1 aliphatic rings. The molecule has 3 atom stereocenters. The number of ether oxygens (including phenoxy) is 1. The van der Waals surface area contributed by atoms with Crippen LogP contribution in [0.4, 0.5) is 14.6 Å². The SMILES string of the molecule is CC(C)(C)[Si](C)(C)OC[C@H]1O[C@@H](n2ccc(N)nc2=O)C(F)(F)C1O[Si](C)(C)C(C)(C)C. The zero-order valence-electron chi connectivity index (χ0n) is 21.0. The summed E-state index contributed by atoms with van der Waals surface area (Å²) in [5.74, 6) is -3.52. The number of halogens is 2. The normalized spacial score (nSPS) is 24.7. The van der Waals surface area contributed by atoms with Crippen molar-refractivity contribution in [2.75, 3.05) is 12.3 Å². The second-order valence-electron chi connectivity index (χ2n) is 11.6. The van der Waals surface area contributed by atoms with E-state index in [9.17, 15) is 4.79 Å². The maximum Gasteiger partial charge on any atom is 0.351 e. The Bertz CT molecular complexity index is 879. The second kappa shape index (κ2) is 8.57. The molecule has 0 amide bonds. The summed E-state index contributed by atoms with van der Waals surface area (Å²) in [5, 5.41) is -0.382. The first-order chi connectivity index (χ1) is 14.2. The third kappa shape index (κ3) is 5.32. The van der Waals surface area contributed by atoms with Gasteiger partial charge in [0.25, 0.3) is 0 Å². The fourth-order valence-electron chi connectivity index (χ4n) is 2.85. The van der Waals surface area contributed by atoms with E-state index in [1.165, 1.54) is 12.3 Å². The molecule has 11 heteroatoms. The number of anilines is 1. The quantitative estimate of drug-likeness (QED) is 0.577.